The Morgan fingerprint density at radius 3 is 2.33 bits per heavy atom. The molecule has 9 heavy (non-hydrogen) atoms. The fourth-order valence-electron chi connectivity index (χ4n) is 0.107. The molecule has 0 saturated heterocycles. The fraction of sp³-hybridized carbons (Fsp3) is 1.00. The summed E-state index contributed by atoms with van der Waals surface area (Å²) in [5.74, 6) is 0. The van der Waals surface area contributed by atoms with Crippen molar-refractivity contribution in [3.05, 3.63) is 0 Å². The van der Waals surface area contributed by atoms with E-state index in [0.29, 0.717) is 0 Å². The van der Waals surface area contributed by atoms with Crippen LogP contribution in [-0.4, -0.2) is 12.3 Å². The Kier molecular flexibility index (Phi) is 5.26. The Labute approximate surface area is 49.8 Å². The summed E-state index contributed by atoms with van der Waals surface area (Å²) in [4.78, 5) is 4.09. The average molecular weight is 132 g/mol. The molecule has 0 aliphatic rings. The van der Waals surface area contributed by atoms with Crippen LogP contribution in [0.1, 0.15) is 0 Å². The first-order valence-electron chi connectivity index (χ1n) is 1.79. The molecule has 8 heteroatoms. The molecule has 8 nitrogen and oxygen atoms in total. The molecule has 50 valence electrons. The molecule has 0 aliphatic carbocycles. The zero-order chi connectivity index (χ0) is 6.95. The van der Waals surface area contributed by atoms with Gasteiger partial charge in [-0.05, 0) is 0 Å². The van der Waals surface area contributed by atoms with Gasteiger partial charge in [0.25, 0.3) is 0 Å². The van der Waals surface area contributed by atoms with Crippen LogP contribution in [0.25, 0.3) is 0 Å². The molecular weight excluding hydrogens is 128 g/mol. The van der Waals surface area contributed by atoms with E-state index in [4.69, 9.17) is 5.21 Å². The van der Waals surface area contributed by atoms with Gasteiger partial charge in [0.15, 0.2) is 0 Å². The van der Waals surface area contributed by atoms with Crippen molar-refractivity contribution in [3.63, 3.8) is 0 Å². The van der Waals surface area contributed by atoms with Gasteiger partial charge in [0.2, 0.25) is 0 Å². The second kappa shape index (κ2) is 6.40. The lowest BCUT2D eigenvalue weighted by molar-refractivity contribution is 0.184. The van der Waals surface area contributed by atoms with E-state index in [9.17, 15) is 0 Å². The highest BCUT2D eigenvalue weighted by Gasteiger charge is 1.64. The topological polar surface area (TPSA) is 104 Å². The third kappa shape index (κ3) is 6.40. The smallest absolute Gasteiger partial charge is 0.108 e. The first-order valence-corrected chi connectivity index (χ1v) is 1.79. The van der Waals surface area contributed by atoms with Gasteiger partial charge >= 0.3 is 0 Å². The molecule has 0 atom stereocenters. The van der Waals surface area contributed by atoms with Crippen LogP contribution in [-0.2, 0) is 4.84 Å². The van der Waals surface area contributed by atoms with E-state index in [2.05, 4.69) is 36.3 Å². The quantitative estimate of drug-likeness (QED) is 0.459. The van der Waals surface area contributed by atoms with E-state index in [1.807, 2.05) is 0 Å². The molecule has 0 aromatic carbocycles. The maximum absolute atomic E-state index is 7.62. The van der Waals surface area contributed by atoms with Crippen molar-refractivity contribution in [1.29, 1.82) is 0 Å². The van der Waals surface area contributed by atoms with E-state index in [0.717, 1.165) is 0 Å². The van der Waals surface area contributed by atoms with Crippen molar-refractivity contribution < 1.29 is 10.0 Å². The maximum atomic E-state index is 7.62. The predicted molar refractivity (Wildman–Crippen MR) is 23.4 cm³/mol. The van der Waals surface area contributed by atoms with Crippen molar-refractivity contribution in [3.8, 4) is 0 Å². The van der Waals surface area contributed by atoms with Gasteiger partial charge in [-0.3, -0.25) is 0 Å². The first kappa shape index (κ1) is 7.40. The summed E-state index contributed by atoms with van der Waals surface area (Å²) < 4.78 is 0. The molecule has 0 aromatic heterocycles. The van der Waals surface area contributed by atoms with Crippen molar-refractivity contribution >= 4 is 0 Å². The minimum Gasteiger partial charge on any atom is -0.393 e. The first-order chi connectivity index (χ1) is 4.41. The van der Waals surface area contributed by atoms with Gasteiger partial charge in [-0.25, -0.2) is 0 Å². The van der Waals surface area contributed by atoms with Gasteiger partial charge in [0.1, 0.15) is 7.11 Å². The van der Waals surface area contributed by atoms with Crippen LogP contribution in [0.5, 0.6) is 0 Å². The van der Waals surface area contributed by atoms with Crippen molar-refractivity contribution in [2.75, 3.05) is 7.11 Å². The van der Waals surface area contributed by atoms with Gasteiger partial charge in [-0.1, -0.05) is 0 Å². The molecule has 1 N–H and O–H groups in total. The summed E-state index contributed by atoms with van der Waals surface area (Å²) in [7, 11) is 1.30. The van der Waals surface area contributed by atoms with Gasteiger partial charge in [0.05, 0.1) is 0 Å². The number of rotatable bonds is 3. The highest BCUT2D eigenvalue weighted by atomic mass is 16.6. The number of hydrogen-bond donors (Lipinski definition) is 1. The predicted octanol–water partition coefficient (Wildman–Crippen LogP) is 1.12. The van der Waals surface area contributed by atoms with Gasteiger partial charge in [-0.2, -0.15) is 0 Å². The summed E-state index contributed by atoms with van der Waals surface area (Å²) in [5, 5.41) is 24.1. The molecule has 0 amide bonds. The minimum atomic E-state index is 1.30. The summed E-state index contributed by atoms with van der Waals surface area (Å²) in [6, 6.07) is 0. The molecule has 0 rings (SSSR count). The summed E-state index contributed by atoms with van der Waals surface area (Å²) in [5.41, 5.74) is 0. The van der Waals surface area contributed by atoms with E-state index in [1.165, 1.54) is 7.11 Å². The number of hydrogen-bond acceptors (Lipinski definition) is 3. The molecule has 0 spiro atoms. The van der Waals surface area contributed by atoms with Gasteiger partial charge < -0.3 is 10.0 Å². The van der Waals surface area contributed by atoms with E-state index < -0.39 is 0 Å². The van der Waals surface area contributed by atoms with Crippen molar-refractivity contribution in [2.24, 2.45) is 31.4 Å². The standard InChI is InChI=1S/CH4N6O2/c1-9-7-5-3-2-4-6-8/h1H3,(H,3,4,7,8). The molecule has 0 fully saturated rings. The van der Waals surface area contributed by atoms with Crippen LogP contribution in [0.4, 0.5) is 0 Å². The third-order valence-corrected chi connectivity index (χ3v) is 0.278. The van der Waals surface area contributed by atoms with E-state index >= 15 is 0 Å². The van der Waals surface area contributed by atoms with Gasteiger partial charge in [-0.15, -0.1) is 0 Å². The highest BCUT2D eigenvalue weighted by Crippen LogP contribution is 1.80. The van der Waals surface area contributed by atoms with Crippen molar-refractivity contribution in [2.45, 2.75) is 0 Å². The van der Waals surface area contributed by atoms with E-state index in [-0.39, 0.29) is 0 Å². The van der Waals surface area contributed by atoms with Crippen LogP contribution in [0.2, 0.25) is 0 Å². The fourth-order valence-corrected chi connectivity index (χ4v) is 0.107. The lowest BCUT2D eigenvalue weighted by Gasteiger charge is -1.73. The molecule has 0 bridgehead atoms. The molecule has 0 unspecified atom stereocenters. The molecule has 0 saturated carbocycles. The maximum Gasteiger partial charge on any atom is 0.108 e. The monoisotopic (exact) mass is 132 g/mol. The molecule has 0 aliphatic heterocycles. The summed E-state index contributed by atoms with van der Waals surface area (Å²) in [6.45, 7) is 0. The molecule has 0 aromatic rings. The van der Waals surface area contributed by atoms with Crippen LogP contribution in [0.3, 0.4) is 0 Å². The third-order valence-electron chi connectivity index (χ3n) is 0.278. The molecule has 0 heterocycles. The Hall–Kier alpha value is -1.60. The molecular formula is CH4N6O2. The zero-order valence-corrected chi connectivity index (χ0v) is 4.54. The Bertz CT molecular complexity index is 127. The Balaban J connectivity index is 3.35. The largest absolute Gasteiger partial charge is 0.393 e. The van der Waals surface area contributed by atoms with Crippen LogP contribution < -0.4 is 0 Å². The van der Waals surface area contributed by atoms with Crippen LogP contribution in [0, 0.1) is 0 Å². The summed E-state index contributed by atoms with van der Waals surface area (Å²) in [6.07, 6.45) is 0. The summed E-state index contributed by atoms with van der Waals surface area (Å²) >= 11 is 0. The number of nitrogens with zero attached hydrogens (tertiary/aromatic N) is 6. The Morgan fingerprint density at radius 2 is 1.78 bits per heavy atom. The minimum absolute atomic E-state index is 1.30. The second-order valence-electron chi connectivity index (χ2n) is 0.711. The highest BCUT2D eigenvalue weighted by molar-refractivity contribution is 4.01. The average Bonchev–Trinajstić information content (AvgIpc) is 1.89. The van der Waals surface area contributed by atoms with Crippen LogP contribution >= 0.6 is 0 Å². The van der Waals surface area contributed by atoms with Crippen LogP contribution in [0.15, 0.2) is 31.4 Å². The zero-order valence-electron chi connectivity index (χ0n) is 4.54. The lowest BCUT2D eigenvalue weighted by atomic mass is 11.7. The lowest BCUT2D eigenvalue weighted by Crippen LogP contribution is -1.59. The Morgan fingerprint density at radius 1 is 1.11 bits per heavy atom. The van der Waals surface area contributed by atoms with Gasteiger partial charge in [0, 0.05) is 31.4 Å². The normalized spacial score (nSPS) is 12.1. The SMILES string of the molecule is CON=NN=NN=NO. The molecule has 0 radical (unpaired) electrons. The second-order valence-corrected chi connectivity index (χ2v) is 0.711. The van der Waals surface area contributed by atoms with E-state index in [1.54, 1.807) is 0 Å². The van der Waals surface area contributed by atoms with Crippen molar-refractivity contribution in [1.82, 2.24) is 0 Å².